The molecule has 0 atom stereocenters. The third-order valence-electron chi connectivity index (χ3n) is 17.8. The summed E-state index contributed by atoms with van der Waals surface area (Å²) in [5, 5.41) is 27.2. The Morgan fingerprint density at radius 2 is 0.686 bits per heavy atom. The first-order valence-corrected chi connectivity index (χ1v) is 33.6. The maximum atomic E-state index is 7.40. The van der Waals surface area contributed by atoms with E-state index < -0.39 is 0 Å². The number of amidine groups is 4. The van der Waals surface area contributed by atoms with E-state index >= 15 is 0 Å². The summed E-state index contributed by atoms with van der Waals surface area (Å²) in [6.07, 6.45) is 0. The fourth-order valence-electron chi connectivity index (χ4n) is 13.6. The van der Waals surface area contributed by atoms with E-state index in [9.17, 15) is 0 Å². The maximum absolute atomic E-state index is 7.40. The normalized spacial score (nSPS) is 14.3. The van der Waals surface area contributed by atoms with Gasteiger partial charge in [-0.3, -0.25) is 0 Å². The van der Waals surface area contributed by atoms with Crippen LogP contribution in [-0.2, 0) is 80.4 Å². The standard InChI is InChI=1S/C24H21N3O.C22H18N4.C21H12N4.C19H19N3.4Ir/c1-24(2,3)28-22-15-9-8-14-21(22)27-16-26-20-13-7-6-11-18(20)17-10-4-5-12-19(17)23(26)25-27;1-24(2)20-13-7-8-14-21(20)26-15-25-19-12-6-5-10-17(19)16-9-3-4-11-18(16)22(25)23-26;1-22-18-11-5-7-13-20(18)25-14-24-19-12-6-4-9-16(19)15-8-2-3-10-17(15)21(24)23-25;1-19(2,3)12-21-13-22-17-11-7-6-9-15(17)14-8-4-5-10-16(14)18(22)20-21;;;;/h4-12,14-16H,1-3H3;3-11,13-15H,1-2H3;2-11,13-14H;4-10,13H,12H2,1-3H3;;;;/q4*-2;;;;. The topological polar surface area (TPSA) is 92.2 Å². The van der Waals surface area contributed by atoms with Crippen molar-refractivity contribution < 1.29 is 85.2 Å². The van der Waals surface area contributed by atoms with E-state index in [4.69, 9.17) is 31.7 Å². The van der Waals surface area contributed by atoms with Crippen LogP contribution in [0.2, 0.25) is 0 Å². The third kappa shape index (κ3) is 14.5. The van der Waals surface area contributed by atoms with Crippen LogP contribution in [0.25, 0.3) is 49.4 Å². The summed E-state index contributed by atoms with van der Waals surface area (Å²) in [7, 11) is 4.10. The summed E-state index contributed by atoms with van der Waals surface area (Å²) in [6.45, 7) is 29.2. The summed E-state index contributed by atoms with van der Waals surface area (Å²) in [4.78, 5) is 14.1. The fraction of sp³-hybridized carbons (Fsp3) is 0.128. The Bertz CT molecular complexity index is 5230. The van der Waals surface area contributed by atoms with Gasteiger partial charge in [0.05, 0.1) is 23.6 Å². The van der Waals surface area contributed by atoms with Crippen molar-refractivity contribution >= 4 is 74.5 Å². The van der Waals surface area contributed by atoms with Crippen molar-refractivity contribution in [2.24, 2.45) is 25.8 Å². The van der Waals surface area contributed by atoms with E-state index in [-0.39, 0.29) is 91.4 Å². The summed E-state index contributed by atoms with van der Waals surface area (Å²) >= 11 is 0. The zero-order valence-corrected chi connectivity index (χ0v) is 68.2. The van der Waals surface area contributed by atoms with Crippen LogP contribution in [0.4, 0.5) is 51.2 Å². The van der Waals surface area contributed by atoms with Crippen LogP contribution in [0.1, 0.15) is 63.8 Å². The molecule has 0 saturated heterocycles. The van der Waals surface area contributed by atoms with Crippen LogP contribution in [0, 0.1) is 62.9 Å². The van der Waals surface area contributed by atoms with Gasteiger partial charge in [0.2, 0.25) is 5.69 Å². The molecule has 11 aromatic carbocycles. The number of anilines is 8. The first-order chi connectivity index (χ1) is 49.1. The molecule has 0 aromatic heterocycles. The van der Waals surface area contributed by atoms with Crippen LogP contribution < -0.4 is 44.3 Å². The van der Waals surface area contributed by atoms with E-state index in [1.807, 2.05) is 196 Å². The molecule has 0 unspecified atom stereocenters. The molecule has 0 spiro atoms. The first kappa shape index (κ1) is 74.9. The van der Waals surface area contributed by atoms with Crippen LogP contribution >= 0.6 is 0 Å². The molecule has 0 amide bonds. The summed E-state index contributed by atoms with van der Waals surface area (Å²) in [5.41, 5.74) is 22.4. The zero-order valence-electron chi connectivity index (χ0n) is 58.6. The maximum Gasteiger partial charge on any atom is 0.208 e. The van der Waals surface area contributed by atoms with Gasteiger partial charge in [0.25, 0.3) is 0 Å². The Hall–Kier alpha value is -9.81. The Morgan fingerprint density at radius 3 is 1.08 bits per heavy atom. The molecule has 0 N–H and O–H groups in total. The van der Waals surface area contributed by atoms with Crippen LogP contribution in [0.3, 0.4) is 0 Å². The smallest absolute Gasteiger partial charge is 0.208 e. The van der Waals surface area contributed by atoms with Crippen molar-refractivity contribution in [3.8, 4) is 50.3 Å². The predicted molar refractivity (Wildman–Crippen MR) is 410 cm³/mol. The van der Waals surface area contributed by atoms with Gasteiger partial charge >= 0.3 is 0 Å². The monoisotopic (exact) mass is 2090 g/mol. The van der Waals surface area contributed by atoms with Crippen molar-refractivity contribution in [1.29, 1.82) is 0 Å². The van der Waals surface area contributed by atoms with Crippen LogP contribution in [-0.4, -0.2) is 54.6 Å². The van der Waals surface area contributed by atoms with Crippen LogP contribution in [0.5, 0.6) is 5.75 Å². The zero-order chi connectivity index (χ0) is 69.1. The summed E-state index contributed by atoms with van der Waals surface area (Å²) in [6, 6.07) is 95.2. The van der Waals surface area contributed by atoms with Gasteiger partial charge in [0, 0.05) is 129 Å². The number of hydrazone groups is 4. The third-order valence-corrected chi connectivity index (χ3v) is 17.8. The van der Waals surface area contributed by atoms with E-state index in [0.717, 1.165) is 115 Å². The molecule has 0 bridgehead atoms. The average molecular weight is 2080 g/mol. The van der Waals surface area contributed by atoms with Gasteiger partial charge in [0.1, 0.15) is 34.7 Å². The largest absolute Gasteiger partial charge is 0.486 e. The van der Waals surface area contributed by atoms with Crippen molar-refractivity contribution in [3.05, 3.63) is 327 Å². The number of benzene rings is 11. The molecule has 105 heavy (non-hydrogen) atoms. The van der Waals surface area contributed by atoms with E-state index in [1.54, 1.807) is 5.01 Å². The second-order valence-corrected chi connectivity index (χ2v) is 27.4. The predicted octanol–water partition coefficient (Wildman–Crippen LogP) is 18.7. The number of hydrogen-bond donors (Lipinski definition) is 0. The van der Waals surface area contributed by atoms with E-state index in [1.165, 1.54) is 33.4 Å². The molecule has 19 rings (SSSR count). The molecule has 534 valence electrons. The fourth-order valence-corrected chi connectivity index (χ4v) is 13.6. The minimum Gasteiger partial charge on any atom is -0.486 e. The number of hydrogen-bond acceptors (Lipinski definition) is 14. The molecule has 15 nitrogen and oxygen atoms in total. The molecular weight excluding hydrogens is 2010 g/mol. The van der Waals surface area contributed by atoms with Crippen molar-refractivity contribution in [2.75, 3.05) is 60.2 Å². The molecule has 11 aromatic rings. The molecule has 0 fully saturated rings. The van der Waals surface area contributed by atoms with Crippen molar-refractivity contribution in [3.63, 3.8) is 0 Å². The van der Waals surface area contributed by atoms with Gasteiger partial charge in [-0.05, 0) is 50.5 Å². The Kier molecular flexibility index (Phi) is 22.2. The SMILES string of the molecule is CC(C)(C)CN1[CH-]N2C(=N1)c1ccccc1-c1ccc[c-]c12.CC(C)(C)Oc1ccccc1N1[CH-]N2C(=N1)c1ccccc1-c1ccc[c-]c12.CN(C)c1ccccc1N1[CH-]N2C(=N1)c1ccccc1-c1ccc[c-]c12.[C-]#[N+]c1ccccc1N1[CH-]N2C(=N1)c1ccccc1-c1ccc[c-]c12.[Ir].[Ir].[Ir].[Ir]. The average Bonchev–Trinajstić information content (AvgIpc) is 1.73. The minimum absolute atomic E-state index is 0. The number of ether oxygens (including phenoxy) is 1. The molecule has 4 radical (unpaired) electrons. The summed E-state index contributed by atoms with van der Waals surface area (Å²) in [5.74, 6) is 4.49. The Morgan fingerprint density at radius 1 is 0.371 bits per heavy atom. The number of para-hydroxylation sites is 10. The van der Waals surface area contributed by atoms with Crippen molar-refractivity contribution in [1.82, 2.24) is 5.01 Å². The Labute approximate surface area is 669 Å². The second-order valence-electron chi connectivity index (χ2n) is 27.4. The molecule has 0 aliphatic carbocycles. The van der Waals surface area contributed by atoms with Gasteiger partial charge in [-0.2, -0.15) is 117 Å². The van der Waals surface area contributed by atoms with Crippen LogP contribution in [0.15, 0.2) is 263 Å². The van der Waals surface area contributed by atoms with Gasteiger partial charge in [0.15, 0.2) is 0 Å². The summed E-state index contributed by atoms with van der Waals surface area (Å²) < 4.78 is 6.18. The van der Waals surface area contributed by atoms with Gasteiger partial charge < -0.3 is 49.3 Å². The van der Waals surface area contributed by atoms with E-state index in [0.29, 0.717) is 5.69 Å². The number of nitrogens with zero attached hydrogens (tertiary/aromatic N) is 14. The molecule has 0 saturated carbocycles. The van der Waals surface area contributed by atoms with Gasteiger partial charge in [-0.25, -0.2) is 4.85 Å². The molecule has 19 heteroatoms. The minimum atomic E-state index is -0.289. The van der Waals surface area contributed by atoms with Gasteiger partial charge in [-0.1, -0.05) is 211 Å². The van der Waals surface area contributed by atoms with E-state index in [2.05, 4.69) is 197 Å². The number of rotatable bonds is 6. The molecule has 8 aliphatic rings. The molecular formula is C86H70Ir4N14O-8. The second kappa shape index (κ2) is 31.1. The number of fused-ring (bicyclic) bond motifs is 24. The molecule has 8 heterocycles. The Balaban J connectivity index is 0.000000130. The molecule has 8 aliphatic heterocycles. The quantitative estimate of drug-likeness (QED) is 0.150. The van der Waals surface area contributed by atoms with Gasteiger partial charge in [-0.15, -0.1) is 48.9 Å². The first-order valence-electron chi connectivity index (χ1n) is 33.6. The van der Waals surface area contributed by atoms with Crippen molar-refractivity contribution in [2.45, 2.75) is 47.1 Å².